The number of hydrogen-bond donors (Lipinski definition) is 0. The zero-order valence-electron chi connectivity index (χ0n) is 4.13. The van der Waals surface area contributed by atoms with Crippen molar-refractivity contribution in [3.05, 3.63) is 24.3 Å². The van der Waals surface area contributed by atoms with Gasteiger partial charge in [0.15, 0.2) is 0 Å². The highest BCUT2D eigenvalue weighted by Gasteiger charge is 1.79. The van der Waals surface area contributed by atoms with Gasteiger partial charge in [0, 0.05) is 0 Å². The van der Waals surface area contributed by atoms with Gasteiger partial charge in [0.1, 0.15) is 11.9 Å². The maximum absolute atomic E-state index is 4.98. The van der Waals surface area contributed by atoms with Gasteiger partial charge in [-0.1, -0.05) is 0 Å². The minimum atomic E-state index is 0.545. The SMILES string of the molecule is C#Cc1cn[c]cn1. The van der Waals surface area contributed by atoms with E-state index in [1.165, 1.54) is 12.4 Å². The summed E-state index contributed by atoms with van der Waals surface area (Å²) < 4.78 is 0. The van der Waals surface area contributed by atoms with Gasteiger partial charge in [0.2, 0.25) is 0 Å². The van der Waals surface area contributed by atoms with E-state index in [4.69, 9.17) is 6.42 Å². The molecule has 0 bridgehead atoms. The van der Waals surface area contributed by atoms with Crippen molar-refractivity contribution >= 4 is 0 Å². The second-order valence-corrected chi connectivity index (χ2v) is 1.18. The molecule has 1 heterocycles. The van der Waals surface area contributed by atoms with E-state index in [1.807, 2.05) is 0 Å². The fourth-order valence-corrected chi connectivity index (χ4v) is 0.338. The van der Waals surface area contributed by atoms with Crippen LogP contribution in [0.15, 0.2) is 12.4 Å². The van der Waals surface area contributed by atoms with Crippen molar-refractivity contribution in [1.82, 2.24) is 9.97 Å². The lowest BCUT2D eigenvalue weighted by Gasteiger charge is -1.80. The molecule has 2 heteroatoms. The highest BCUT2D eigenvalue weighted by Crippen LogP contribution is 1.81. The first kappa shape index (κ1) is 4.79. The second kappa shape index (κ2) is 2.08. The van der Waals surface area contributed by atoms with Gasteiger partial charge in [-0.25, -0.2) is 9.97 Å². The Morgan fingerprint density at radius 2 is 2.62 bits per heavy atom. The van der Waals surface area contributed by atoms with E-state index in [0.717, 1.165) is 0 Å². The van der Waals surface area contributed by atoms with E-state index >= 15 is 0 Å². The Kier molecular flexibility index (Phi) is 1.25. The quantitative estimate of drug-likeness (QED) is 0.440. The molecule has 1 aromatic heterocycles. The first-order valence-corrected chi connectivity index (χ1v) is 2.08. The van der Waals surface area contributed by atoms with Gasteiger partial charge in [-0.3, -0.25) is 0 Å². The molecule has 0 amide bonds. The lowest BCUT2D eigenvalue weighted by atomic mass is 10.5. The fraction of sp³-hybridized carbons (Fsp3) is 0. The number of hydrogen-bond acceptors (Lipinski definition) is 2. The lowest BCUT2D eigenvalue weighted by molar-refractivity contribution is 1.16. The molecule has 0 fully saturated rings. The first-order chi connectivity index (χ1) is 3.93. The van der Waals surface area contributed by atoms with Crippen molar-refractivity contribution in [2.24, 2.45) is 0 Å². The van der Waals surface area contributed by atoms with Crippen LogP contribution in [0.3, 0.4) is 0 Å². The molecule has 0 spiro atoms. The average molecular weight is 103 g/mol. The summed E-state index contributed by atoms with van der Waals surface area (Å²) in [6.07, 6.45) is 10.4. The van der Waals surface area contributed by atoms with E-state index < -0.39 is 0 Å². The molecule has 1 aromatic rings. The average Bonchev–Trinajstić information content (AvgIpc) is 1.90. The molecule has 2 nitrogen and oxygen atoms in total. The van der Waals surface area contributed by atoms with E-state index in [-0.39, 0.29) is 0 Å². The van der Waals surface area contributed by atoms with Crippen LogP contribution in [0, 0.1) is 18.5 Å². The van der Waals surface area contributed by atoms with Crippen LogP contribution in [-0.2, 0) is 0 Å². The zero-order valence-corrected chi connectivity index (χ0v) is 4.13. The monoisotopic (exact) mass is 103 g/mol. The van der Waals surface area contributed by atoms with Crippen LogP contribution in [0.1, 0.15) is 5.69 Å². The molecular formula is C6H3N2. The molecule has 0 aliphatic carbocycles. The molecule has 0 saturated heterocycles. The van der Waals surface area contributed by atoms with Gasteiger partial charge >= 0.3 is 0 Å². The minimum absolute atomic E-state index is 0.545. The molecule has 0 saturated carbocycles. The van der Waals surface area contributed by atoms with Crippen molar-refractivity contribution in [2.45, 2.75) is 0 Å². The number of rotatable bonds is 0. The van der Waals surface area contributed by atoms with Gasteiger partial charge in [-0.2, -0.15) is 0 Å². The Morgan fingerprint density at radius 3 is 3.00 bits per heavy atom. The summed E-state index contributed by atoms with van der Waals surface area (Å²) in [5.41, 5.74) is 0.545. The van der Waals surface area contributed by atoms with Crippen molar-refractivity contribution in [3.63, 3.8) is 0 Å². The molecule has 0 aromatic carbocycles. The summed E-state index contributed by atoms with van der Waals surface area (Å²) in [7, 11) is 0. The highest BCUT2D eigenvalue weighted by molar-refractivity contribution is 5.19. The Hall–Kier alpha value is -1.36. The topological polar surface area (TPSA) is 25.8 Å². The van der Waals surface area contributed by atoms with Gasteiger partial charge in [0.25, 0.3) is 0 Å². The van der Waals surface area contributed by atoms with Crippen molar-refractivity contribution in [3.8, 4) is 12.3 Å². The minimum Gasteiger partial charge on any atom is -0.250 e. The summed E-state index contributed by atoms with van der Waals surface area (Å²) >= 11 is 0. The summed E-state index contributed by atoms with van der Waals surface area (Å²) in [5.74, 6) is 2.33. The van der Waals surface area contributed by atoms with E-state index in [9.17, 15) is 0 Å². The molecule has 1 radical (unpaired) electrons. The van der Waals surface area contributed by atoms with Crippen LogP contribution in [-0.4, -0.2) is 9.97 Å². The van der Waals surface area contributed by atoms with Crippen LogP contribution in [0.4, 0.5) is 0 Å². The summed E-state index contributed by atoms with van der Waals surface area (Å²) in [5, 5.41) is 0. The third-order valence-electron chi connectivity index (χ3n) is 0.671. The molecule has 37 valence electrons. The Morgan fingerprint density at radius 1 is 1.75 bits per heavy atom. The van der Waals surface area contributed by atoms with E-state index in [1.54, 1.807) is 0 Å². The molecule has 0 aliphatic heterocycles. The van der Waals surface area contributed by atoms with Crippen LogP contribution in [0.5, 0.6) is 0 Å². The van der Waals surface area contributed by atoms with Crippen molar-refractivity contribution < 1.29 is 0 Å². The van der Waals surface area contributed by atoms with Crippen molar-refractivity contribution in [2.75, 3.05) is 0 Å². The van der Waals surface area contributed by atoms with Gasteiger partial charge < -0.3 is 0 Å². The van der Waals surface area contributed by atoms with Crippen LogP contribution >= 0.6 is 0 Å². The van der Waals surface area contributed by atoms with E-state index in [0.29, 0.717) is 5.69 Å². The first-order valence-electron chi connectivity index (χ1n) is 2.08. The summed E-state index contributed by atoms with van der Waals surface area (Å²) in [6.45, 7) is 0. The molecular weight excluding hydrogens is 100 g/mol. The molecule has 0 aliphatic rings. The van der Waals surface area contributed by atoms with Crippen LogP contribution in [0.2, 0.25) is 0 Å². The molecule has 0 N–H and O–H groups in total. The van der Waals surface area contributed by atoms with Crippen LogP contribution in [0.25, 0.3) is 0 Å². The predicted octanol–water partition coefficient (Wildman–Crippen LogP) is 0.258. The second-order valence-electron chi connectivity index (χ2n) is 1.18. The van der Waals surface area contributed by atoms with Crippen LogP contribution < -0.4 is 0 Å². The Balaban J connectivity index is 3.05. The van der Waals surface area contributed by atoms with Gasteiger partial charge in [0.05, 0.1) is 12.4 Å². The van der Waals surface area contributed by atoms with Gasteiger partial charge in [-0.15, -0.1) is 6.42 Å². The molecule has 1 rings (SSSR count). The molecule has 0 atom stereocenters. The lowest BCUT2D eigenvalue weighted by Crippen LogP contribution is -1.80. The smallest absolute Gasteiger partial charge is 0.131 e. The Bertz CT molecular complexity index is 198. The van der Waals surface area contributed by atoms with E-state index in [2.05, 4.69) is 22.1 Å². The zero-order chi connectivity index (χ0) is 5.82. The fourth-order valence-electron chi connectivity index (χ4n) is 0.338. The number of terminal acetylenes is 1. The largest absolute Gasteiger partial charge is 0.250 e. The normalized spacial score (nSPS) is 7.88. The maximum Gasteiger partial charge on any atom is 0.131 e. The summed E-state index contributed by atoms with van der Waals surface area (Å²) in [6, 6.07) is 0. The summed E-state index contributed by atoms with van der Waals surface area (Å²) in [4.78, 5) is 7.37. The molecule has 0 unspecified atom stereocenters. The number of aromatic nitrogens is 2. The Labute approximate surface area is 47.6 Å². The van der Waals surface area contributed by atoms with Gasteiger partial charge in [-0.05, 0) is 5.92 Å². The molecule has 8 heavy (non-hydrogen) atoms. The maximum atomic E-state index is 4.98. The predicted molar refractivity (Wildman–Crippen MR) is 28.8 cm³/mol. The third-order valence-corrected chi connectivity index (χ3v) is 0.671. The third kappa shape index (κ3) is 0.824. The van der Waals surface area contributed by atoms with Crippen molar-refractivity contribution in [1.29, 1.82) is 0 Å². The number of nitrogens with zero attached hydrogens (tertiary/aromatic N) is 2. The highest BCUT2D eigenvalue weighted by atomic mass is 14.7. The standard InChI is InChI=1S/C6H3N2/c1-2-6-5-7-3-4-8-6/h1,4-5H.